The summed E-state index contributed by atoms with van der Waals surface area (Å²) in [5, 5.41) is 1.94. The lowest BCUT2D eigenvalue weighted by atomic mass is 10.2. The zero-order chi connectivity index (χ0) is 10.7. The average Bonchev–Trinajstić information content (AvgIpc) is 2.71. The van der Waals surface area contributed by atoms with Crippen LogP contribution in [0.25, 0.3) is 0 Å². The first kappa shape index (κ1) is 10.6. The Morgan fingerprint density at radius 2 is 2.20 bits per heavy atom. The van der Waals surface area contributed by atoms with Crippen LogP contribution in [0.2, 0.25) is 0 Å². The molecule has 5 heteroatoms. The highest BCUT2D eigenvalue weighted by Crippen LogP contribution is 2.06. The Balaban J connectivity index is 1.86. The van der Waals surface area contributed by atoms with Crippen molar-refractivity contribution in [1.29, 1.82) is 0 Å². The Bertz CT molecular complexity index is 317. The maximum atomic E-state index is 11.8. The first-order chi connectivity index (χ1) is 7.25. The summed E-state index contributed by atoms with van der Waals surface area (Å²) < 4.78 is 0. The average molecular weight is 225 g/mol. The van der Waals surface area contributed by atoms with E-state index in [0.717, 1.165) is 31.9 Å². The number of hydrogen-bond acceptors (Lipinski definition) is 4. The highest BCUT2D eigenvalue weighted by molar-refractivity contribution is 7.07. The summed E-state index contributed by atoms with van der Waals surface area (Å²) in [4.78, 5) is 20.1. The van der Waals surface area contributed by atoms with Crippen molar-refractivity contribution < 1.29 is 4.79 Å². The third-order valence-electron chi connectivity index (χ3n) is 2.67. The molecule has 2 rings (SSSR count). The second kappa shape index (κ2) is 4.72. The molecule has 15 heavy (non-hydrogen) atoms. The van der Waals surface area contributed by atoms with Crippen LogP contribution in [0.4, 0.5) is 0 Å². The predicted octanol–water partition coefficient (Wildman–Crippen LogP) is 0.460. The van der Waals surface area contributed by atoms with Crippen LogP contribution >= 0.6 is 11.3 Å². The van der Waals surface area contributed by atoms with Gasteiger partial charge in [-0.15, -0.1) is 11.3 Å². The van der Waals surface area contributed by atoms with Crippen LogP contribution in [-0.2, 0) is 11.2 Å². The van der Waals surface area contributed by atoms with Crippen molar-refractivity contribution >= 4 is 17.2 Å². The first-order valence-corrected chi connectivity index (χ1v) is 6.03. The number of carbonyl (C=O) groups is 1. The minimum atomic E-state index is 0.203. The quantitative estimate of drug-likeness (QED) is 0.733. The third kappa shape index (κ3) is 2.76. The molecule has 0 radical (unpaired) electrons. The second-order valence-corrected chi connectivity index (χ2v) is 4.56. The number of rotatable bonds is 2. The summed E-state index contributed by atoms with van der Waals surface area (Å²) >= 11 is 1.54. The molecule has 0 unspecified atom stereocenters. The molecule has 0 bridgehead atoms. The highest BCUT2D eigenvalue weighted by Gasteiger charge is 2.19. The van der Waals surface area contributed by atoms with Crippen LogP contribution in [0.3, 0.4) is 0 Å². The van der Waals surface area contributed by atoms with Gasteiger partial charge in [0, 0.05) is 31.6 Å². The van der Waals surface area contributed by atoms with Gasteiger partial charge in [-0.25, -0.2) is 4.98 Å². The summed E-state index contributed by atoms with van der Waals surface area (Å²) in [7, 11) is 2.09. The number of likely N-dealkylation sites (N-methyl/N-ethyl adjacent to an activating group) is 1. The van der Waals surface area contributed by atoms with Gasteiger partial charge in [0.05, 0.1) is 17.6 Å². The Hall–Kier alpha value is -0.940. The highest BCUT2D eigenvalue weighted by atomic mass is 32.1. The van der Waals surface area contributed by atoms with E-state index in [-0.39, 0.29) is 5.91 Å². The molecular weight excluding hydrogens is 210 g/mol. The maximum absolute atomic E-state index is 11.8. The fourth-order valence-electron chi connectivity index (χ4n) is 1.65. The molecular formula is C10H15N3OS. The normalized spacial score (nSPS) is 18.1. The van der Waals surface area contributed by atoms with Gasteiger partial charge in [0.1, 0.15) is 0 Å². The van der Waals surface area contributed by atoms with Crippen molar-refractivity contribution in [3.63, 3.8) is 0 Å². The molecule has 1 aromatic heterocycles. The minimum absolute atomic E-state index is 0.203. The van der Waals surface area contributed by atoms with Crippen molar-refractivity contribution in [2.75, 3.05) is 33.2 Å². The molecule has 82 valence electrons. The fraction of sp³-hybridized carbons (Fsp3) is 0.600. The zero-order valence-electron chi connectivity index (χ0n) is 8.85. The molecule has 0 spiro atoms. The van der Waals surface area contributed by atoms with Crippen LogP contribution in [0.1, 0.15) is 5.69 Å². The molecule has 0 atom stereocenters. The molecule has 1 saturated heterocycles. The Morgan fingerprint density at radius 3 is 2.80 bits per heavy atom. The van der Waals surface area contributed by atoms with E-state index in [1.807, 2.05) is 10.3 Å². The Kier molecular flexibility index (Phi) is 3.33. The van der Waals surface area contributed by atoms with E-state index in [1.54, 1.807) is 5.51 Å². The number of thiazole rings is 1. The van der Waals surface area contributed by atoms with E-state index in [2.05, 4.69) is 16.9 Å². The minimum Gasteiger partial charge on any atom is -0.340 e. The summed E-state index contributed by atoms with van der Waals surface area (Å²) in [6.45, 7) is 3.64. The van der Waals surface area contributed by atoms with E-state index in [1.165, 1.54) is 11.3 Å². The van der Waals surface area contributed by atoms with Gasteiger partial charge < -0.3 is 9.80 Å². The van der Waals surface area contributed by atoms with Gasteiger partial charge in [-0.05, 0) is 7.05 Å². The van der Waals surface area contributed by atoms with E-state index >= 15 is 0 Å². The van der Waals surface area contributed by atoms with Crippen molar-refractivity contribution in [2.24, 2.45) is 0 Å². The topological polar surface area (TPSA) is 36.4 Å². The standard InChI is InChI=1S/C10H15N3OS/c1-12-2-4-13(5-3-12)10(14)6-9-7-15-8-11-9/h7-8H,2-6H2,1H3. The smallest absolute Gasteiger partial charge is 0.228 e. The van der Waals surface area contributed by atoms with Crippen LogP contribution in [0.15, 0.2) is 10.9 Å². The summed E-state index contributed by atoms with van der Waals surface area (Å²) in [5.74, 6) is 0.203. The van der Waals surface area contributed by atoms with E-state index < -0.39 is 0 Å². The number of amides is 1. The lowest BCUT2D eigenvalue weighted by Crippen LogP contribution is -2.47. The lowest BCUT2D eigenvalue weighted by molar-refractivity contribution is -0.132. The molecule has 2 heterocycles. The molecule has 0 aromatic carbocycles. The number of carbonyl (C=O) groups excluding carboxylic acids is 1. The van der Waals surface area contributed by atoms with Crippen molar-refractivity contribution in [2.45, 2.75) is 6.42 Å². The summed E-state index contributed by atoms with van der Waals surface area (Å²) in [5.41, 5.74) is 2.66. The first-order valence-electron chi connectivity index (χ1n) is 5.09. The molecule has 1 aliphatic heterocycles. The predicted molar refractivity (Wildman–Crippen MR) is 59.9 cm³/mol. The van der Waals surface area contributed by atoms with Crippen LogP contribution in [0.5, 0.6) is 0 Å². The van der Waals surface area contributed by atoms with E-state index in [9.17, 15) is 4.79 Å². The molecule has 1 aliphatic rings. The number of hydrogen-bond donors (Lipinski definition) is 0. The molecule has 0 N–H and O–H groups in total. The molecule has 1 amide bonds. The van der Waals surface area contributed by atoms with Crippen LogP contribution in [-0.4, -0.2) is 53.9 Å². The van der Waals surface area contributed by atoms with Gasteiger partial charge in [0.2, 0.25) is 5.91 Å². The van der Waals surface area contributed by atoms with E-state index in [0.29, 0.717) is 6.42 Å². The third-order valence-corrected chi connectivity index (χ3v) is 3.31. The van der Waals surface area contributed by atoms with Gasteiger partial charge in [-0.1, -0.05) is 0 Å². The largest absolute Gasteiger partial charge is 0.340 e. The van der Waals surface area contributed by atoms with Gasteiger partial charge in [-0.3, -0.25) is 4.79 Å². The second-order valence-electron chi connectivity index (χ2n) is 3.84. The molecule has 4 nitrogen and oxygen atoms in total. The Labute approximate surface area is 93.5 Å². The van der Waals surface area contributed by atoms with Crippen molar-refractivity contribution in [1.82, 2.24) is 14.8 Å². The fourth-order valence-corrected chi connectivity index (χ4v) is 2.21. The molecule has 1 aromatic rings. The molecule has 0 aliphatic carbocycles. The number of nitrogens with zero attached hydrogens (tertiary/aromatic N) is 3. The van der Waals surface area contributed by atoms with Gasteiger partial charge in [-0.2, -0.15) is 0 Å². The van der Waals surface area contributed by atoms with Crippen LogP contribution in [0, 0.1) is 0 Å². The molecule has 0 saturated carbocycles. The van der Waals surface area contributed by atoms with Gasteiger partial charge in [0.15, 0.2) is 0 Å². The van der Waals surface area contributed by atoms with Crippen molar-refractivity contribution in [3.8, 4) is 0 Å². The zero-order valence-corrected chi connectivity index (χ0v) is 9.66. The van der Waals surface area contributed by atoms with Crippen LogP contribution < -0.4 is 0 Å². The Morgan fingerprint density at radius 1 is 1.47 bits per heavy atom. The monoisotopic (exact) mass is 225 g/mol. The SMILES string of the molecule is CN1CCN(C(=O)Cc2cscn2)CC1. The number of piperazine rings is 1. The maximum Gasteiger partial charge on any atom is 0.228 e. The van der Waals surface area contributed by atoms with Gasteiger partial charge >= 0.3 is 0 Å². The number of aromatic nitrogens is 1. The summed E-state index contributed by atoms with van der Waals surface area (Å²) in [6.07, 6.45) is 0.452. The van der Waals surface area contributed by atoms with E-state index in [4.69, 9.17) is 0 Å². The lowest BCUT2D eigenvalue weighted by Gasteiger charge is -2.32. The molecule has 1 fully saturated rings. The van der Waals surface area contributed by atoms with Crippen molar-refractivity contribution in [3.05, 3.63) is 16.6 Å². The van der Waals surface area contributed by atoms with Gasteiger partial charge in [0.25, 0.3) is 0 Å². The summed E-state index contributed by atoms with van der Waals surface area (Å²) in [6, 6.07) is 0.